The van der Waals surface area contributed by atoms with Gasteiger partial charge in [-0.2, -0.15) is 0 Å². The average molecular weight is 364 g/mol. The van der Waals surface area contributed by atoms with Gasteiger partial charge in [-0.3, -0.25) is 4.79 Å². The molecule has 0 bridgehead atoms. The molecule has 0 aliphatic heterocycles. The van der Waals surface area contributed by atoms with Crippen molar-refractivity contribution in [3.63, 3.8) is 0 Å². The first-order valence-corrected chi connectivity index (χ1v) is 7.19. The van der Waals surface area contributed by atoms with E-state index in [0.717, 1.165) is 0 Å². The Labute approximate surface area is 131 Å². The number of carboxylic acids is 1. The van der Waals surface area contributed by atoms with Gasteiger partial charge in [0.15, 0.2) is 0 Å². The number of nitrogens with zero attached hydrogens (tertiary/aromatic N) is 1. The molecule has 0 atom stereocenters. The smallest absolute Gasteiger partial charge is 0.323 e. The lowest BCUT2D eigenvalue weighted by Crippen LogP contribution is -2.40. The largest absolute Gasteiger partial charge is 0.480 e. The summed E-state index contributed by atoms with van der Waals surface area (Å²) in [6, 6.07) is 4.51. The van der Waals surface area contributed by atoms with Crippen molar-refractivity contribution in [1.82, 2.24) is 4.90 Å². The lowest BCUT2D eigenvalue weighted by atomic mass is 10.2. The Morgan fingerprint density at radius 2 is 2.10 bits per heavy atom. The molecule has 7 heteroatoms. The molecule has 1 rings (SSSR count). The zero-order valence-electron chi connectivity index (χ0n) is 11.2. The second-order valence-electron chi connectivity index (χ2n) is 4.73. The molecular weight excluding hydrogens is 348 g/mol. The summed E-state index contributed by atoms with van der Waals surface area (Å²) in [5, 5.41) is 12.0. The van der Waals surface area contributed by atoms with Crippen molar-refractivity contribution in [3.05, 3.63) is 27.7 Å². The van der Waals surface area contributed by atoms with E-state index >= 15 is 0 Å². The SMILES string of the molecule is CC(C)CN(CC(=O)O)C(=O)Nc1ccc(Cl)c(Br)c1. The van der Waals surface area contributed by atoms with Crippen LogP contribution in [-0.4, -0.2) is 35.1 Å². The molecule has 0 saturated heterocycles. The van der Waals surface area contributed by atoms with Crippen molar-refractivity contribution >= 4 is 45.2 Å². The van der Waals surface area contributed by atoms with Gasteiger partial charge in [0.25, 0.3) is 0 Å². The maximum absolute atomic E-state index is 12.1. The molecule has 2 N–H and O–H groups in total. The minimum absolute atomic E-state index is 0.178. The van der Waals surface area contributed by atoms with Crippen LogP contribution < -0.4 is 5.32 Å². The second-order valence-corrected chi connectivity index (χ2v) is 5.99. The second kappa shape index (κ2) is 7.50. The van der Waals surface area contributed by atoms with Gasteiger partial charge in [-0.15, -0.1) is 0 Å². The molecule has 110 valence electrons. The molecule has 2 amide bonds. The van der Waals surface area contributed by atoms with Crippen LogP contribution in [0.25, 0.3) is 0 Å². The van der Waals surface area contributed by atoms with Crippen LogP contribution in [0.1, 0.15) is 13.8 Å². The first-order chi connectivity index (χ1) is 9.29. The van der Waals surface area contributed by atoms with E-state index in [9.17, 15) is 9.59 Å². The molecule has 0 radical (unpaired) electrons. The Kier molecular flexibility index (Phi) is 6.29. The van der Waals surface area contributed by atoms with Crippen LogP contribution in [0.4, 0.5) is 10.5 Å². The number of carbonyl (C=O) groups is 2. The molecule has 0 spiro atoms. The van der Waals surface area contributed by atoms with Gasteiger partial charge in [0, 0.05) is 16.7 Å². The molecule has 5 nitrogen and oxygen atoms in total. The summed E-state index contributed by atoms with van der Waals surface area (Å²) in [6.07, 6.45) is 0. The molecule has 0 fully saturated rings. The van der Waals surface area contributed by atoms with Crippen molar-refractivity contribution in [1.29, 1.82) is 0 Å². The van der Waals surface area contributed by atoms with Crippen LogP contribution in [0, 0.1) is 5.92 Å². The van der Waals surface area contributed by atoms with E-state index in [0.29, 0.717) is 21.7 Å². The number of carbonyl (C=O) groups excluding carboxylic acids is 1. The fourth-order valence-corrected chi connectivity index (χ4v) is 2.10. The molecule has 0 aliphatic rings. The van der Waals surface area contributed by atoms with Crippen molar-refractivity contribution in [2.24, 2.45) is 5.92 Å². The fraction of sp³-hybridized carbons (Fsp3) is 0.385. The highest BCUT2D eigenvalue weighted by Gasteiger charge is 2.18. The summed E-state index contributed by atoms with van der Waals surface area (Å²) in [5.74, 6) is -0.866. The predicted octanol–water partition coefficient (Wildman–Crippen LogP) is 3.68. The summed E-state index contributed by atoms with van der Waals surface area (Å²) in [7, 11) is 0. The van der Waals surface area contributed by atoms with E-state index < -0.39 is 12.0 Å². The van der Waals surface area contributed by atoms with Gasteiger partial charge >= 0.3 is 12.0 Å². The van der Waals surface area contributed by atoms with Crippen molar-refractivity contribution in [3.8, 4) is 0 Å². The number of hydrogen-bond donors (Lipinski definition) is 2. The van der Waals surface area contributed by atoms with Gasteiger partial charge in [-0.25, -0.2) is 4.79 Å². The number of nitrogens with one attached hydrogen (secondary N) is 1. The number of benzene rings is 1. The van der Waals surface area contributed by atoms with Crippen LogP contribution in [0.15, 0.2) is 22.7 Å². The van der Waals surface area contributed by atoms with Crippen molar-refractivity contribution < 1.29 is 14.7 Å². The van der Waals surface area contributed by atoms with Gasteiger partial charge in [0.05, 0.1) is 5.02 Å². The number of rotatable bonds is 5. The third-order valence-electron chi connectivity index (χ3n) is 2.37. The van der Waals surface area contributed by atoms with Crippen LogP contribution in [-0.2, 0) is 4.79 Å². The van der Waals surface area contributed by atoms with E-state index in [1.807, 2.05) is 13.8 Å². The molecule has 1 aromatic carbocycles. The molecule has 0 unspecified atom stereocenters. The van der Waals surface area contributed by atoms with Gasteiger partial charge < -0.3 is 15.3 Å². The zero-order valence-corrected chi connectivity index (χ0v) is 13.5. The number of hydrogen-bond acceptors (Lipinski definition) is 2. The number of urea groups is 1. The average Bonchev–Trinajstić information content (AvgIpc) is 2.32. The summed E-state index contributed by atoms with van der Waals surface area (Å²) < 4.78 is 0.658. The molecule has 0 aromatic heterocycles. The lowest BCUT2D eigenvalue weighted by Gasteiger charge is -2.23. The zero-order chi connectivity index (χ0) is 15.3. The van der Waals surface area contributed by atoms with Crippen LogP contribution in [0.3, 0.4) is 0 Å². The Balaban J connectivity index is 2.78. The first kappa shape index (κ1) is 16.8. The van der Waals surface area contributed by atoms with E-state index in [-0.39, 0.29) is 12.5 Å². The highest BCUT2D eigenvalue weighted by Crippen LogP contribution is 2.25. The number of aliphatic carboxylic acids is 1. The monoisotopic (exact) mass is 362 g/mol. The Morgan fingerprint density at radius 1 is 1.45 bits per heavy atom. The van der Waals surface area contributed by atoms with Crippen LogP contribution >= 0.6 is 27.5 Å². The Morgan fingerprint density at radius 3 is 2.60 bits per heavy atom. The predicted molar refractivity (Wildman–Crippen MR) is 82.2 cm³/mol. The fourth-order valence-electron chi connectivity index (χ4n) is 1.60. The van der Waals surface area contributed by atoms with Crippen molar-refractivity contribution in [2.45, 2.75) is 13.8 Å². The third-order valence-corrected chi connectivity index (χ3v) is 3.58. The summed E-state index contributed by atoms with van der Waals surface area (Å²) in [5.41, 5.74) is 0.547. The number of carboxylic acid groups (broad SMARTS) is 1. The Hall–Kier alpha value is -1.27. The maximum Gasteiger partial charge on any atom is 0.323 e. The molecule has 0 aliphatic carbocycles. The minimum Gasteiger partial charge on any atom is -0.480 e. The van der Waals surface area contributed by atoms with E-state index in [4.69, 9.17) is 16.7 Å². The molecule has 20 heavy (non-hydrogen) atoms. The van der Waals surface area contributed by atoms with E-state index in [1.54, 1.807) is 18.2 Å². The van der Waals surface area contributed by atoms with Gasteiger partial charge in [0.1, 0.15) is 6.54 Å². The standard InChI is InChI=1S/C13H16BrClN2O3/c1-8(2)6-17(7-12(18)19)13(20)16-9-3-4-11(15)10(14)5-9/h3-5,8H,6-7H2,1-2H3,(H,16,20)(H,18,19). The molecule has 1 aromatic rings. The third kappa shape index (κ3) is 5.38. The number of halogens is 2. The van der Waals surface area contributed by atoms with Crippen LogP contribution in [0.2, 0.25) is 5.02 Å². The summed E-state index contributed by atoms with van der Waals surface area (Å²) >= 11 is 9.13. The lowest BCUT2D eigenvalue weighted by molar-refractivity contribution is -0.137. The highest BCUT2D eigenvalue weighted by atomic mass is 79.9. The summed E-state index contributed by atoms with van der Waals surface area (Å²) in [6.45, 7) is 3.87. The maximum atomic E-state index is 12.1. The highest BCUT2D eigenvalue weighted by molar-refractivity contribution is 9.10. The first-order valence-electron chi connectivity index (χ1n) is 6.02. The van der Waals surface area contributed by atoms with Gasteiger partial charge in [-0.1, -0.05) is 25.4 Å². The quantitative estimate of drug-likeness (QED) is 0.838. The topological polar surface area (TPSA) is 69.6 Å². The van der Waals surface area contributed by atoms with E-state index in [2.05, 4.69) is 21.2 Å². The van der Waals surface area contributed by atoms with E-state index in [1.165, 1.54) is 4.90 Å². The number of amides is 2. The summed E-state index contributed by atoms with van der Waals surface area (Å²) in [4.78, 5) is 24.1. The molecule has 0 saturated carbocycles. The normalized spacial score (nSPS) is 10.4. The Bertz CT molecular complexity index is 508. The van der Waals surface area contributed by atoms with Gasteiger partial charge in [0.2, 0.25) is 0 Å². The van der Waals surface area contributed by atoms with Crippen LogP contribution in [0.5, 0.6) is 0 Å². The number of anilines is 1. The molecule has 0 heterocycles. The van der Waals surface area contributed by atoms with Crippen molar-refractivity contribution in [2.75, 3.05) is 18.4 Å². The minimum atomic E-state index is -1.04. The van der Waals surface area contributed by atoms with Gasteiger partial charge in [-0.05, 0) is 40.0 Å². The molecular formula is C13H16BrClN2O3.